The van der Waals surface area contributed by atoms with Crippen LogP contribution in [0.1, 0.15) is 74.8 Å². The molecule has 0 radical (unpaired) electrons. The van der Waals surface area contributed by atoms with Crippen molar-refractivity contribution < 1.29 is 28.1 Å². The number of rotatable bonds is 13. The van der Waals surface area contributed by atoms with E-state index in [1.54, 1.807) is 13.3 Å². The number of halogens is 1. The number of ether oxygens (including phenoxy) is 3. The van der Waals surface area contributed by atoms with Gasteiger partial charge in [-0.2, -0.15) is 0 Å². The monoisotopic (exact) mass is 572 g/mol. The molecule has 0 saturated heterocycles. The molecular formula is C31H42FN2O5P. The first kappa shape index (κ1) is 31.7. The fraction of sp³-hybridized carbons (Fsp3) is 0.484. The maximum absolute atomic E-state index is 14.9. The van der Waals surface area contributed by atoms with Gasteiger partial charge in [0.25, 0.3) is 0 Å². The Balaban J connectivity index is 1.96. The number of hydrogen-bond donors (Lipinski definition) is 1. The molecule has 1 heterocycles. The van der Waals surface area contributed by atoms with E-state index in [-0.39, 0.29) is 36.1 Å². The van der Waals surface area contributed by atoms with Gasteiger partial charge in [-0.15, -0.1) is 0 Å². The highest BCUT2D eigenvalue weighted by Gasteiger charge is 2.35. The highest BCUT2D eigenvalue weighted by Crippen LogP contribution is 2.50. The van der Waals surface area contributed by atoms with Gasteiger partial charge in [0.1, 0.15) is 12.4 Å². The molecule has 9 heteroatoms. The minimum Gasteiger partial charge on any atom is -0.481 e. The predicted octanol–water partition coefficient (Wildman–Crippen LogP) is 7.68. The first-order chi connectivity index (χ1) is 18.8. The molecule has 1 fully saturated rings. The van der Waals surface area contributed by atoms with Crippen LogP contribution in [0.25, 0.3) is 5.57 Å². The number of nitrogens with zero attached hydrogens (tertiary/aromatic N) is 2. The first-order valence-corrected chi connectivity index (χ1v) is 15.7. The van der Waals surface area contributed by atoms with Gasteiger partial charge in [-0.05, 0) is 78.1 Å². The molecule has 3 atom stereocenters. The standard InChI is InChI=1S/C31H42FN2O5P/c1-20(32)25(17-28(33-5)37-6)24-12-9-21(15-26(24)30(38-7)31(2,3)4)18-39-29-16-23(13-14-34-29)27(22-10-11-22)19-40(8,35)36/h9,12-17,22,27,30H,5,10-11,18-19H2,1-4,6-8H3,(H,35,36)/b25-20-,28-17+/t27-,30?/m0/s1. The Labute approximate surface area is 237 Å². The first-order valence-electron chi connectivity index (χ1n) is 13.4. The Morgan fingerprint density at radius 2 is 1.98 bits per heavy atom. The second kappa shape index (κ2) is 13.2. The second-order valence-corrected chi connectivity index (χ2v) is 14.1. The van der Waals surface area contributed by atoms with E-state index in [1.165, 1.54) is 26.8 Å². The van der Waals surface area contributed by atoms with E-state index in [2.05, 4.69) is 37.5 Å². The van der Waals surface area contributed by atoms with Crippen LogP contribution in [0.2, 0.25) is 0 Å². The highest BCUT2D eigenvalue weighted by atomic mass is 31.2. The van der Waals surface area contributed by atoms with Crippen molar-refractivity contribution >= 4 is 19.7 Å². The summed E-state index contributed by atoms with van der Waals surface area (Å²) in [6.45, 7) is 12.7. The topological polar surface area (TPSA) is 90.2 Å². The van der Waals surface area contributed by atoms with Gasteiger partial charge in [-0.25, -0.2) is 14.4 Å². The SMILES string of the molecule is C=N/C(=C\C(=C(/C)F)c1ccc(COc2cc([C@@H](CP(C)(=O)O)C3CC3)ccn2)cc1C(OC)C(C)(C)C)OC. The summed E-state index contributed by atoms with van der Waals surface area (Å²) in [6.07, 6.45) is 5.23. The Hall–Kier alpha value is -2.80. The third-order valence-corrected chi connectivity index (χ3v) is 8.09. The Kier molecular flexibility index (Phi) is 10.5. The zero-order chi connectivity index (χ0) is 29.7. The maximum atomic E-state index is 14.9. The molecule has 1 aromatic heterocycles. The van der Waals surface area contributed by atoms with Gasteiger partial charge in [0.2, 0.25) is 11.8 Å². The minimum absolute atomic E-state index is 0.00978. The second-order valence-electron chi connectivity index (χ2n) is 11.6. The molecule has 218 valence electrons. The summed E-state index contributed by atoms with van der Waals surface area (Å²) >= 11 is 0. The quantitative estimate of drug-likeness (QED) is 0.115. The van der Waals surface area contributed by atoms with Crippen LogP contribution in [0.4, 0.5) is 4.39 Å². The Morgan fingerprint density at radius 3 is 2.50 bits per heavy atom. The molecule has 0 spiro atoms. The molecule has 3 rings (SSSR count). The zero-order valence-electron chi connectivity index (χ0n) is 24.6. The van der Waals surface area contributed by atoms with Crippen molar-refractivity contribution in [2.24, 2.45) is 16.3 Å². The number of pyridine rings is 1. The van der Waals surface area contributed by atoms with Crippen molar-refractivity contribution in [2.75, 3.05) is 27.0 Å². The van der Waals surface area contributed by atoms with Crippen molar-refractivity contribution in [1.82, 2.24) is 4.98 Å². The summed E-state index contributed by atoms with van der Waals surface area (Å²) in [4.78, 5) is 18.2. The van der Waals surface area contributed by atoms with Crippen LogP contribution >= 0.6 is 7.37 Å². The molecule has 1 aromatic carbocycles. The molecular weight excluding hydrogens is 530 g/mol. The van der Waals surface area contributed by atoms with E-state index in [9.17, 15) is 13.8 Å². The van der Waals surface area contributed by atoms with E-state index < -0.39 is 13.2 Å². The fourth-order valence-corrected chi connectivity index (χ4v) is 6.29. The molecule has 0 aliphatic heterocycles. The summed E-state index contributed by atoms with van der Waals surface area (Å²) < 4.78 is 44.3. The molecule has 2 unspecified atom stereocenters. The van der Waals surface area contributed by atoms with E-state index in [4.69, 9.17) is 14.2 Å². The summed E-state index contributed by atoms with van der Waals surface area (Å²) in [7, 11) is -0.0683. The van der Waals surface area contributed by atoms with Gasteiger partial charge in [-0.1, -0.05) is 32.9 Å². The third kappa shape index (κ3) is 8.60. The lowest BCUT2D eigenvalue weighted by molar-refractivity contribution is 0.0149. The van der Waals surface area contributed by atoms with Crippen LogP contribution in [0.3, 0.4) is 0 Å². The minimum atomic E-state index is -3.17. The lowest BCUT2D eigenvalue weighted by Crippen LogP contribution is -2.21. The predicted molar refractivity (Wildman–Crippen MR) is 159 cm³/mol. The number of hydrogen-bond acceptors (Lipinski definition) is 6. The number of methoxy groups -OCH3 is 2. The molecule has 1 saturated carbocycles. The maximum Gasteiger partial charge on any atom is 0.213 e. The van der Waals surface area contributed by atoms with Crippen molar-refractivity contribution in [3.8, 4) is 5.88 Å². The smallest absolute Gasteiger partial charge is 0.213 e. The van der Waals surface area contributed by atoms with Crippen LogP contribution < -0.4 is 4.74 Å². The molecule has 1 N–H and O–H groups in total. The van der Waals surface area contributed by atoms with Gasteiger partial charge >= 0.3 is 0 Å². The molecule has 2 aromatic rings. The summed E-state index contributed by atoms with van der Waals surface area (Å²) in [5.74, 6) is 0.681. The van der Waals surface area contributed by atoms with Crippen molar-refractivity contribution in [2.45, 2.75) is 59.2 Å². The van der Waals surface area contributed by atoms with Crippen molar-refractivity contribution in [1.29, 1.82) is 0 Å². The van der Waals surface area contributed by atoms with E-state index in [0.29, 0.717) is 22.9 Å². The van der Waals surface area contributed by atoms with Crippen molar-refractivity contribution in [3.63, 3.8) is 0 Å². The van der Waals surface area contributed by atoms with E-state index in [1.807, 2.05) is 30.3 Å². The Bertz CT molecular complexity index is 1300. The molecule has 0 amide bonds. The van der Waals surface area contributed by atoms with Crippen LogP contribution in [-0.4, -0.2) is 43.6 Å². The average molecular weight is 573 g/mol. The fourth-order valence-electron chi connectivity index (χ4n) is 5.05. The molecule has 0 bridgehead atoms. The normalized spacial score (nSPS) is 17.9. The molecule has 7 nitrogen and oxygen atoms in total. The van der Waals surface area contributed by atoms with Gasteiger partial charge in [0.15, 0.2) is 7.37 Å². The highest BCUT2D eigenvalue weighted by molar-refractivity contribution is 7.57. The van der Waals surface area contributed by atoms with E-state index >= 15 is 0 Å². The van der Waals surface area contributed by atoms with Gasteiger partial charge in [0, 0.05) is 43.8 Å². The lowest BCUT2D eigenvalue weighted by atomic mass is 9.81. The summed E-state index contributed by atoms with van der Waals surface area (Å²) in [5, 5.41) is 0. The summed E-state index contributed by atoms with van der Waals surface area (Å²) in [6, 6.07) is 9.47. The molecule has 1 aliphatic carbocycles. The van der Waals surface area contributed by atoms with Crippen molar-refractivity contribution in [3.05, 3.63) is 76.6 Å². The van der Waals surface area contributed by atoms with Crippen LogP contribution in [0.15, 0.2) is 59.3 Å². The zero-order valence-corrected chi connectivity index (χ0v) is 25.5. The van der Waals surface area contributed by atoms with E-state index in [0.717, 1.165) is 29.5 Å². The number of allylic oxidation sites excluding steroid dienone is 3. The summed E-state index contributed by atoms with van der Waals surface area (Å²) in [5.41, 5.74) is 3.33. The van der Waals surface area contributed by atoms with Crippen LogP contribution in [0.5, 0.6) is 5.88 Å². The third-order valence-electron chi connectivity index (χ3n) is 7.02. The van der Waals surface area contributed by atoms with Gasteiger partial charge in [0.05, 0.1) is 13.2 Å². The van der Waals surface area contributed by atoms with Gasteiger partial charge < -0.3 is 19.1 Å². The Morgan fingerprint density at radius 1 is 1.27 bits per heavy atom. The van der Waals surface area contributed by atoms with Crippen LogP contribution in [-0.2, 0) is 20.6 Å². The van der Waals surface area contributed by atoms with Gasteiger partial charge in [-0.3, -0.25) is 4.57 Å². The largest absolute Gasteiger partial charge is 0.481 e. The number of aliphatic imine (C=N–C) groups is 1. The molecule has 40 heavy (non-hydrogen) atoms. The average Bonchev–Trinajstić information content (AvgIpc) is 3.72. The number of benzene rings is 1. The number of aromatic nitrogens is 1. The molecule has 1 aliphatic rings. The lowest BCUT2D eigenvalue weighted by Gasteiger charge is -2.32. The van der Waals surface area contributed by atoms with Crippen LogP contribution in [0, 0.1) is 11.3 Å².